The molecular weight excluding hydrogens is 544 g/mol. The fraction of sp³-hybridized carbons (Fsp3) is 0.846. The summed E-state index contributed by atoms with van der Waals surface area (Å²) in [6, 6.07) is -2.94. The lowest BCUT2D eigenvalue weighted by molar-refractivity contribution is -0.130. The number of aliphatic hydroxyl groups is 1. The van der Waals surface area contributed by atoms with Gasteiger partial charge in [0, 0.05) is 25.4 Å². The molecule has 3 aliphatic rings. The van der Waals surface area contributed by atoms with Crippen molar-refractivity contribution >= 4 is 33.9 Å². The van der Waals surface area contributed by atoms with E-state index in [1.54, 1.807) is 4.90 Å². The maximum absolute atomic E-state index is 13.1. The van der Waals surface area contributed by atoms with E-state index in [1.165, 1.54) is 6.42 Å². The third-order valence-corrected chi connectivity index (χ3v) is 8.94. The first kappa shape index (κ1) is 32.1. The zero-order chi connectivity index (χ0) is 29.4. The lowest BCUT2D eigenvalue weighted by atomic mass is 9.89. The molecule has 3 rings (SSSR count). The van der Waals surface area contributed by atoms with Gasteiger partial charge in [-0.15, -0.1) is 0 Å². The van der Waals surface area contributed by atoms with Crippen molar-refractivity contribution in [2.45, 2.75) is 102 Å². The Balaban J connectivity index is 1.60. The number of carbonyl (C=O) groups is 4. The maximum atomic E-state index is 13.1. The minimum atomic E-state index is -5.20. The van der Waals surface area contributed by atoms with Crippen molar-refractivity contribution in [3.63, 3.8) is 0 Å². The Hall–Kier alpha value is -2.45. The molecule has 0 spiro atoms. The molecule has 2 saturated heterocycles. The van der Waals surface area contributed by atoms with Crippen LogP contribution in [0.5, 0.6) is 0 Å². The highest BCUT2D eigenvalue weighted by Gasteiger charge is 2.37. The van der Waals surface area contributed by atoms with Crippen LogP contribution in [0.1, 0.15) is 78.1 Å². The van der Waals surface area contributed by atoms with E-state index in [1.807, 2.05) is 13.8 Å². The van der Waals surface area contributed by atoms with Gasteiger partial charge < -0.3 is 35.2 Å². The van der Waals surface area contributed by atoms with E-state index in [-0.39, 0.29) is 43.2 Å². The summed E-state index contributed by atoms with van der Waals surface area (Å²) in [6.45, 7) is 4.62. The lowest BCUT2D eigenvalue weighted by Crippen LogP contribution is -2.55. The van der Waals surface area contributed by atoms with Crippen molar-refractivity contribution in [2.24, 2.45) is 17.8 Å². The summed E-state index contributed by atoms with van der Waals surface area (Å²) in [7, 11) is -5.20. The SMILES string of the molecule is CC(C)C[C@H](NC(=O)OC[C@H]1CCC(=O)N1CC1CCCCC1)C(=O)N[C@@H](C[C@@H]1CCNC1=O)C(O)S(=O)(=O)[O-]. The number of aliphatic hydroxyl groups excluding tert-OH is 1. The van der Waals surface area contributed by atoms with E-state index in [0.717, 1.165) is 25.7 Å². The third-order valence-electron chi connectivity index (χ3n) is 8.02. The first-order valence-electron chi connectivity index (χ1n) is 14.3. The first-order chi connectivity index (χ1) is 18.8. The Bertz CT molecular complexity index is 1020. The van der Waals surface area contributed by atoms with Crippen LogP contribution in [0.25, 0.3) is 0 Å². The zero-order valence-electron chi connectivity index (χ0n) is 23.3. The standard InChI is InChI=1S/C26H44N4O9S/c1-16(2)12-20(24(33)28-21(25(34)40(36,37)38)13-18-10-11-27-23(18)32)29-26(35)39-15-19-8-9-22(31)30(19)14-17-6-4-3-5-7-17/h16-21,25,34H,3-15H2,1-2H3,(H,27,32)(H,28,33)(H,29,35)(H,36,37,38)/p-1/t18-,19+,20-,21-,25?/m0/s1. The maximum Gasteiger partial charge on any atom is 0.407 e. The van der Waals surface area contributed by atoms with Gasteiger partial charge in [0.2, 0.25) is 17.7 Å². The Kier molecular flexibility index (Phi) is 11.6. The van der Waals surface area contributed by atoms with Gasteiger partial charge >= 0.3 is 6.09 Å². The molecule has 0 aromatic rings. The number of likely N-dealkylation sites (tertiary alicyclic amines) is 1. The van der Waals surface area contributed by atoms with Gasteiger partial charge in [0.15, 0.2) is 5.44 Å². The molecule has 1 saturated carbocycles. The average molecular weight is 588 g/mol. The van der Waals surface area contributed by atoms with E-state index < -0.39 is 45.6 Å². The summed E-state index contributed by atoms with van der Waals surface area (Å²) >= 11 is 0. The molecule has 0 aromatic carbocycles. The molecule has 1 aliphatic carbocycles. The Morgan fingerprint density at radius 2 is 1.82 bits per heavy atom. The van der Waals surface area contributed by atoms with Gasteiger partial charge in [0.1, 0.15) is 22.8 Å². The van der Waals surface area contributed by atoms with Crippen molar-refractivity contribution in [1.82, 2.24) is 20.9 Å². The Morgan fingerprint density at radius 3 is 2.42 bits per heavy atom. The van der Waals surface area contributed by atoms with E-state index in [9.17, 15) is 37.3 Å². The molecule has 5 atom stereocenters. The number of ether oxygens (including phenoxy) is 1. The lowest BCUT2D eigenvalue weighted by Gasteiger charge is -2.31. The smallest absolute Gasteiger partial charge is 0.407 e. The fourth-order valence-electron chi connectivity index (χ4n) is 5.83. The monoisotopic (exact) mass is 587 g/mol. The van der Waals surface area contributed by atoms with Gasteiger partial charge in [0.25, 0.3) is 0 Å². The van der Waals surface area contributed by atoms with Crippen molar-refractivity contribution in [3.8, 4) is 0 Å². The molecule has 3 fully saturated rings. The van der Waals surface area contributed by atoms with Crippen LogP contribution >= 0.6 is 0 Å². The number of hydrogen-bond donors (Lipinski definition) is 4. The van der Waals surface area contributed by atoms with Crippen LogP contribution < -0.4 is 16.0 Å². The quantitative estimate of drug-likeness (QED) is 0.223. The zero-order valence-corrected chi connectivity index (χ0v) is 24.1. The molecule has 14 heteroatoms. The van der Waals surface area contributed by atoms with Crippen LogP contribution in [0.2, 0.25) is 0 Å². The average Bonchev–Trinajstić information content (AvgIpc) is 3.45. The number of amides is 4. The normalized spacial score (nSPS) is 24.5. The molecule has 0 bridgehead atoms. The second kappa shape index (κ2) is 14.4. The first-order valence-corrected chi connectivity index (χ1v) is 15.8. The van der Waals surface area contributed by atoms with E-state index in [0.29, 0.717) is 38.3 Å². The number of rotatable bonds is 13. The summed E-state index contributed by atoms with van der Waals surface area (Å²) in [6.07, 6.45) is 6.05. The van der Waals surface area contributed by atoms with E-state index >= 15 is 0 Å². The number of alkyl carbamates (subject to hydrolysis) is 1. The predicted octanol–water partition coefficient (Wildman–Crippen LogP) is 0.573. The van der Waals surface area contributed by atoms with Crippen LogP contribution in [-0.4, -0.2) is 90.0 Å². The Labute approximate surface area is 235 Å². The molecule has 228 valence electrons. The molecule has 0 radical (unpaired) electrons. The van der Waals surface area contributed by atoms with Gasteiger partial charge in [-0.05, 0) is 50.4 Å². The summed E-state index contributed by atoms with van der Waals surface area (Å²) in [5.74, 6) is -1.44. The minimum absolute atomic E-state index is 0.0210. The summed E-state index contributed by atoms with van der Waals surface area (Å²) in [4.78, 5) is 52.1. The van der Waals surface area contributed by atoms with Crippen LogP contribution in [0.15, 0.2) is 0 Å². The predicted molar refractivity (Wildman–Crippen MR) is 142 cm³/mol. The van der Waals surface area contributed by atoms with Crippen molar-refractivity contribution in [2.75, 3.05) is 19.7 Å². The van der Waals surface area contributed by atoms with Crippen LogP contribution in [0, 0.1) is 17.8 Å². The highest BCUT2D eigenvalue weighted by molar-refractivity contribution is 7.86. The van der Waals surface area contributed by atoms with E-state index in [4.69, 9.17) is 4.74 Å². The number of nitrogens with one attached hydrogen (secondary N) is 3. The highest BCUT2D eigenvalue weighted by Crippen LogP contribution is 2.28. The molecule has 2 heterocycles. The fourth-order valence-corrected chi connectivity index (χ4v) is 6.41. The van der Waals surface area contributed by atoms with Gasteiger partial charge in [-0.25, -0.2) is 13.2 Å². The third kappa shape index (κ3) is 9.30. The summed E-state index contributed by atoms with van der Waals surface area (Å²) in [5.41, 5.74) is -2.47. The van der Waals surface area contributed by atoms with Gasteiger partial charge in [0.05, 0.1) is 12.1 Å². The minimum Gasteiger partial charge on any atom is -0.746 e. The van der Waals surface area contributed by atoms with Crippen LogP contribution in [-0.2, 0) is 29.2 Å². The van der Waals surface area contributed by atoms with Crippen molar-refractivity contribution < 1.29 is 42.0 Å². The molecular formula is C26H43N4O9S-. The van der Waals surface area contributed by atoms with Gasteiger partial charge in [-0.2, -0.15) is 0 Å². The molecule has 2 aliphatic heterocycles. The van der Waals surface area contributed by atoms with E-state index in [2.05, 4.69) is 16.0 Å². The largest absolute Gasteiger partial charge is 0.746 e. The van der Waals surface area contributed by atoms with Crippen LogP contribution in [0.4, 0.5) is 4.79 Å². The summed E-state index contributed by atoms with van der Waals surface area (Å²) in [5, 5.41) is 17.6. The van der Waals surface area contributed by atoms with Crippen molar-refractivity contribution in [1.29, 1.82) is 0 Å². The second-order valence-corrected chi connectivity index (χ2v) is 13.1. The number of nitrogens with zero attached hydrogens (tertiary/aromatic N) is 1. The van der Waals surface area contributed by atoms with Crippen molar-refractivity contribution in [3.05, 3.63) is 0 Å². The second-order valence-electron chi connectivity index (χ2n) is 11.7. The Morgan fingerprint density at radius 1 is 1.12 bits per heavy atom. The van der Waals surface area contributed by atoms with Gasteiger partial charge in [-0.1, -0.05) is 33.1 Å². The van der Waals surface area contributed by atoms with Gasteiger partial charge in [-0.3, -0.25) is 14.4 Å². The summed E-state index contributed by atoms with van der Waals surface area (Å²) < 4.78 is 40.1. The molecule has 1 unspecified atom stereocenters. The van der Waals surface area contributed by atoms with Crippen LogP contribution in [0.3, 0.4) is 0 Å². The highest BCUT2D eigenvalue weighted by atomic mass is 32.2. The molecule has 4 amide bonds. The number of carbonyl (C=O) groups excluding carboxylic acids is 4. The molecule has 0 aromatic heterocycles. The number of hydrogen-bond acceptors (Lipinski definition) is 9. The molecule has 13 nitrogen and oxygen atoms in total. The topological polar surface area (TPSA) is 194 Å². The molecule has 40 heavy (non-hydrogen) atoms. The molecule has 4 N–H and O–H groups in total.